The number of aromatic nitrogens is 2. The summed E-state index contributed by atoms with van der Waals surface area (Å²) in [5, 5.41) is 6.41. The van der Waals surface area contributed by atoms with Crippen molar-refractivity contribution in [2.24, 2.45) is 0 Å². The topological polar surface area (TPSA) is 83.1 Å². The lowest BCUT2D eigenvalue weighted by Gasteiger charge is -2.15. The quantitative estimate of drug-likeness (QED) is 0.779. The van der Waals surface area contributed by atoms with Crippen LogP contribution in [0.2, 0.25) is 0 Å². The first-order chi connectivity index (χ1) is 7.38. The molecule has 0 unspecified atom stereocenters. The van der Waals surface area contributed by atoms with E-state index in [0.29, 0.717) is 6.54 Å². The zero-order valence-electron chi connectivity index (χ0n) is 9.30. The van der Waals surface area contributed by atoms with Crippen molar-refractivity contribution in [1.29, 1.82) is 0 Å². The first kappa shape index (κ1) is 12.7. The van der Waals surface area contributed by atoms with Crippen LogP contribution in [0.4, 0.5) is 0 Å². The van der Waals surface area contributed by atoms with Crippen molar-refractivity contribution >= 4 is 15.7 Å². The summed E-state index contributed by atoms with van der Waals surface area (Å²) in [5.41, 5.74) is 0.884. The SMILES string of the molecule is CN(Cc1cn[nH]c1)C(=O)CCS(C)(=O)=O. The molecule has 0 spiro atoms. The van der Waals surface area contributed by atoms with Gasteiger partial charge in [0, 0.05) is 38.0 Å². The Kier molecular flexibility index (Phi) is 4.05. The number of amides is 1. The van der Waals surface area contributed by atoms with Gasteiger partial charge in [0.25, 0.3) is 0 Å². The molecule has 0 saturated heterocycles. The van der Waals surface area contributed by atoms with Crippen molar-refractivity contribution in [3.05, 3.63) is 18.0 Å². The third kappa shape index (κ3) is 4.43. The van der Waals surface area contributed by atoms with Crippen LogP contribution in [0.3, 0.4) is 0 Å². The van der Waals surface area contributed by atoms with Crippen LogP contribution in [0.5, 0.6) is 0 Å². The van der Waals surface area contributed by atoms with Gasteiger partial charge in [-0.2, -0.15) is 5.10 Å². The molecule has 1 aromatic rings. The fraction of sp³-hybridized carbons (Fsp3) is 0.556. The van der Waals surface area contributed by atoms with Gasteiger partial charge in [-0.05, 0) is 0 Å². The number of H-pyrrole nitrogens is 1. The lowest BCUT2D eigenvalue weighted by Crippen LogP contribution is -2.27. The van der Waals surface area contributed by atoms with Crippen LogP contribution in [0.25, 0.3) is 0 Å². The van der Waals surface area contributed by atoms with Crippen LogP contribution in [-0.4, -0.2) is 48.5 Å². The number of aromatic amines is 1. The van der Waals surface area contributed by atoms with Gasteiger partial charge >= 0.3 is 0 Å². The average Bonchev–Trinajstić information content (AvgIpc) is 2.65. The van der Waals surface area contributed by atoms with Gasteiger partial charge in [-0.25, -0.2) is 8.42 Å². The molecule has 0 radical (unpaired) electrons. The molecule has 1 N–H and O–H groups in total. The van der Waals surface area contributed by atoms with E-state index in [4.69, 9.17) is 0 Å². The molecule has 0 bridgehead atoms. The van der Waals surface area contributed by atoms with E-state index < -0.39 is 9.84 Å². The highest BCUT2D eigenvalue weighted by molar-refractivity contribution is 7.90. The maximum absolute atomic E-state index is 11.5. The molecule has 1 amide bonds. The van der Waals surface area contributed by atoms with Crippen LogP contribution in [0.15, 0.2) is 12.4 Å². The maximum atomic E-state index is 11.5. The number of hydrogen-bond donors (Lipinski definition) is 1. The van der Waals surface area contributed by atoms with Crippen LogP contribution in [0, 0.1) is 0 Å². The number of carbonyl (C=O) groups is 1. The summed E-state index contributed by atoms with van der Waals surface area (Å²) in [7, 11) is -1.44. The van der Waals surface area contributed by atoms with E-state index in [-0.39, 0.29) is 18.1 Å². The summed E-state index contributed by atoms with van der Waals surface area (Å²) >= 11 is 0. The average molecular weight is 245 g/mol. The third-order valence-corrected chi connectivity index (χ3v) is 3.03. The Morgan fingerprint density at radius 1 is 1.56 bits per heavy atom. The lowest BCUT2D eigenvalue weighted by atomic mass is 10.3. The van der Waals surface area contributed by atoms with Gasteiger partial charge in [-0.1, -0.05) is 0 Å². The number of rotatable bonds is 5. The van der Waals surface area contributed by atoms with E-state index in [2.05, 4.69) is 10.2 Å². The van der Waals surface area contributed by atoms with E-state index in [1.165, 1.54) is 4.90 Å². The van der Waals surface area contributed by atoms with Gasteiger partial charge in [0.2, 0.25) is 5.91 Å². The molecule has 6 nitrogen and oxygen atoms in total. The predicted molar refractivity (Wildman–Crippen MR) is 59.4 cm³/mol. The monoisotopic (exact) mass is 245 g/mol. The van der Waals surface area contributed by atoms with E-state index in [1.54, 1.807) is 19.4 Å². The first-order valence-electron chi connectivity index (χ1n) is 4.78. The fourth-order valence-corrected chi connectivity index (χ4v) is 1.74. The smallest absolute Gasteiger partial charge is 0.223 e. The molecule has 7 heteroatoms. The minimum absolute atomic E-state index is 0.0210. The third-order valence-electron chi connectivity index (χ3n) is 2.09. The van der Waals surface area contributed by atoms with E-state index >= 15 is 0 Å². The molecular weight excluding hydrogens is 230 g/mol. The summed E-state index contributed by atoms with van der Waals surface area (Å²) in [6.45, 7) is 0.430. The summed E-state index contributed by atoms with van der Waals surface area (Å²) in [4.78, 5) is 13.0. The lowest BCUT2D eigenvalue weighted by molar-refractivity contribution is -0.130. The van der Waals surface area contributed by atoms with Crippen molar-refractivity contribution in [3.8, 4) is 0 Å². The van der Waals surface area contributed by atoms with Gasteiger partial charge in [0.1, 0.15) is 9.84 Å². The van der Waals surface area contributed by atoms with Crippen LogP contribution < -0.4 is 0 Å². The van der Waals surface area contributed by atoms with Crippen molar-refractivity contribution in [2.45, 2.75) is 13.0 Å². The Balaban J connectivity index is 2.42. The molecule has 1 aromatic heterocycles. The normalized spacial score (nSPS) is 11.4. The Hall–Kier alpha value is -1.37. The molecule has 0 atom stereocenters. The molecule has 0 fully saturated rings. The second-order valence-corrected chi connectivity index (χ2v) is 6.00. The van der Waals surface area contributed by atoms with Crippen molar-refractivity contribution in [1.82, 2.24) is 15.1 Å². The number of sulfone groups is 1. The van der Waals surface area contributed by atoms with Gasteiger partial charge in [0.15, 0.2) is 0 Å². The Labute approximate surface area is 94.6 Å². The van der Waals surface area contributed by atoms with Gasteiger partial charge in [0.05, 0.1) is 11.9 Å². The second-order valence-electron chi connectivity index (χ2n) is 3.74. The number of carbonyl (C=O) groups excluding carboxylic acids is 1. The summed E-state index contributed by atoms with van der Waals surface area (Å²) in [6, 6.07) is 0. The zero-order chi connectivity index (χ0) is 12.2. The highest BCUT2D eigenvalue weighted by atomic mass is 32.2. The maximum Gasteiger partial charge on any atom is 0.223 e. The van der Waals surface area contributed by atoms with Crippen molar-refractivity contribution < 1.29 is 13.2 Å². The zero-order valence-corrected chi connectivity index (χ0v) is 10.1. The summed E-state index contributed by atoms with van der Waals surface area (Å²) < 4.78 is 21.8. The number of nitrogens with zero attached hydrogens (tertiary/aromatic N) is 2. The molecule has 90 valence electrons. The minimum atomic E-state index is -3.08. The molecule has 0 saturated carbocycles. The highest BCUT2D eigenvalue weighted by Crippen LogP contribution is 2.02. The second kappa shape index (κ2) is 5.11. The number of nitrogens with one attached hydrogen (secondary N) is 1. The fourth-order valence-electron chi connectivity index (χ4n) is 1.19. The Morgan fingerprint density at radius 3 is 2.75 bits per heavy atom. The molecule has 0 aliphatic heterocycles. The highest BCUT2D eigenvalue weighted by Gasteiger charge is 2.12. The van der Waals surface area contributed by atoms with Crippen LogP contribution >= 0.6 is 0 Å². The van der Waals surface area contributed by atoms with Gasteiger partial charge < -0.3 is 4.90 Å². The van der Waals surface area contributed by atoms with Crippen LogP contribution in [-0.2, 0) is 21.2 Å². The van der Waals surface area contributed by atoms with E-state index in [9.17, 15) is 13.2 Å². The van der Waals surface area contributed by atoms with Crippen molar-refractivity contribution in [2.75, 3.05) is 19.1 Å². The first-order valence-corrected chi connectivity index (χ1v) is 6.84. The Morgan fingerprint density at radius 2 is 2.25 bits per heavy atom. The number of hydrogen-bond acceptors (Lipinski definition) is 4. The molecule has 1 heterocycles. The predicted octanol–water partition coefficient (Wildman–Crippen LogP) is -0.197. The molecule has 0 aromatic carbocycles. The standard InChI is InChI=1S/C9H15N3O3S/c1-12(7-8-5-10-11-6-8)9(13)3-4-16(2,14)15/h5-6H,3-4,7H2,1-2H3,(H,10,11). The molecule has 16 heavy (non-hydrogen) atoms. The van der Waals surface area contributed by atoms with E-state index in [1.807, 2.05) is 0 Å². The molecule has 1 rings (SSSR count). The van der Waals surface area contributed by atoms with E-state index in [0.717, 1.165) is 11.8 Å². The van der Waals surface area contributed by atoms with Gasteiger partial charge in [-0.3, -0.25) is 9.89 Å². The van der Waals surface area contributed by atoms with Gasteiger partial charge in [-0.15, -0.1) is 0 Å². The summed E-state index contributed by atoms with van der Waals surface area (Å²) in [5.74, 6) is -0.298. The van der Waals surface area contributed by atoms with Crippen LogP contribution in [0.1, 0.15) is 12.0 Å². The summed E-state index contributed by atoms with van der Waals surface area (Å²) in [6.07, 6.45) is 4.46. The van der Waals surface area contributed by atoms with Crippen molar-refractivity contribution in [3.63, 3.8) is 0 Å². The Bertz CT molecular complexity index is 439. The molecule has 0 aliphatic rings. The molecular formula is C9H15N3O3S. The largest absolute Gasteiger partial charge is 0.341 e. The molecule has 0 aliphatic carbocycles. The minimum Gasteiger partial charge on any atom is -0.341 e.